The molecule has 1 atom stereocenters. The smallest absolute Gasteiger partial charge is 0.246 e. The lowest BCUT2D eigenvalue weighted by Crippen LogP contribution is -2.42. The van der Waals surface area contributed by atoms with Crippen molar-refractivity contribution < 1.29 is 13.2 Å². The van der Waals surface area contributed by atoms with Crippen LogP contribution in [0.3, 0.4) is 0 Å². The largest absolute Gasteiger partial charge is 0.369 e. The van der Waals surface area contributed by atoms with Crippen LogP contribution in [0.5, 0.6) is 0 Å². The fourth-order valence-electron chi connectivity index (χ4n) is 2.21. The number of hydrogen-bond acceptors (Lipinski definition) is 6. The Hall–Kier alpha value is -1.84. The maximum Gasteiger partial charge on any atom is 0.246 e. The molecule has 3 rings (SSSR count). The Balaban J connectivity index is 1.83. The lowest BCUT2D eigenvalue weighted by Gasteiger charge is -2.31. The van der Waals surface area contributed by atoms with Gasteiger partial charge in [-0.25, -0.2) is 18.4 Å². The molecule has 112 valence electrons. The first-order valence-corrected chi connectivity index (χ1v) is 7.91. The van der Waals surface area contributed by atoms with Gasteiger partial charge in [0, 0.05) is 25.5 Å². The number of rotatable bonds is 3. The standard InChI is InChI=1S/C12H15N5O3S/c1-9-13-3-2-11(16-9)12-8-17(4-5-20-12)21(18,19)10-6-14-15-7-10/h2-3,6-7,12H,4-5,8H2,1H3,(H,14,15). The molecule has 1 aliphatic rings. The van der Waals surface area contributed by atoms with Gasteiger partial charge in [0.25, 0.3) is 0 Å². The fourth-order valence-corrected chi connectivity index (χ4v) is 3.54. The summed E-state index contributed by atoms with van der Waals surface area (Å²) in [5.74, 6) is 0.630. The molecule has 0 aromatic carbocycles. The van der Waals surface area contributed by atoms with E-state index in [0.717, 1.165) is 0 Å². The molecule has 2 aromatic heterocycles. The number of aromatic nitrogens is 4. The van der Waals surface area contributed by atoms with Gasteiger partial charge in [-0.2, -0.15) is 9.40 Å². The molecule has 2 aromatic rings. The summed E-state index contributed by atoms with van der Waals surface area (Å²) in [5, 5.41) is 6.21. The molecule has 0 spiro atoms. The predicted octanol–water partition coefficient (Wildman–Crippen LogP) is 0.270. The molecule has 1 fully saturated rings. The van der Waals surface area contributed by atoms with E-state index in [0.29, 0.717) is 24.7 Å². The van der Waals surface area contributed by atoms with E-state index in [-0.39, 0.29) is 17.5 Å². The van der Waals surface area contributed by atoms with Gasteiger partial charge in [0.05, 0.1) is 18.5 Å². The van der Waals surface area contributed by atoms with Crippen LogP contribution in [0.15, 0.2) is 29.6 Å². The van der Waals surface area contributed by atoms with Gasteiger partial charge in [0.1, 0.15) is 16.8 Å². The van der Waals surface area contributed by atoms with Gasteiger partial charge in [-0.1, -0.05) is 0 Å². The monoisotopic (exact) mass is 309 g/mol. The predicted molar refractivity (Wildman–Crippen MR) is 72.8 cm³/mol. The van der Waals surface area contributed by atoms with Gasteiger partial charge in [-0.3, -0.25) is 5.10 Å². The molecule has 0 radical (unpaired) electrons. The van der Waals surface area contributed by atoms with Crippen molar-refractivity contribution in [3.63, 3.8) is 0 Å². The van der Waals surface area contributed by atoms with Crippen LogP contribution in [-0.4, -0.2) is 52.6 Å². The Morgan fingerprint density at radius 2 is 2.33 bits per heavy atom. The zero-order valence-corrected chi connectivity index (χ0v) is 12.2. The minimum Gasteiger partial charge on any atom is -0.369 e. The zero-order chi connectivity index (χ0) is 14.9. The van der Waals surface area contributed by atoms with Crippen molar-refractivity contribution in [1.29, 1.82) is 0 Å². The highest BCUT2D eigenvalue weighted by atomic mass is 32.2. The second-order valence-corrected chi connectivity index (χ2v) is 6.62. The average molecular weight is 309 g/mol. The summed E-state index contributed by atoms with van der Waals surface area (Å²) in [6.07, 6.45) is 3.93. The van der Waals surface area contributed by atoms with Gasteiger partial charge < -0.3 is 4.74 Å². The van der Waals surface area contributed by atoms with Crippen LogP contribution in [0.25, 0.3) is 0 Å². The molecule has 1 saturated heterocycles. The van der Waals surface area contributed by atoms with Crippen molar-refractivity contribution in [2.75, 3.05) is 19.7 Å². The Labute approximate surface area is 122 Å². The van der Waals surface area contributed by atoms with E-state index in [2.05, 4.69) is 20.2 Å². The Morgan fingerprint density at radius 3 is 3.05 bits per heavy atom. The molecule has 9 heteroatoms. The number of aryl methyl sites for hydroxylation is 1. The first kappa shape index (κ1) is 14.1. The van der Waals surface area contributed by atoms with Crippen LogP contribution in [0.4, 0.5) is 0 Å². The topological polar surface area (TPSA) is 101 Å². The molecule has 0 aliphatic carbocycles. The molecule has 1 aliphatic heterocycles. The number of hydrogen-bond donors (Lipinski definition) is 1. The van der Waals surface area contributed by atoms with Crippen LogP contribution in [0, 0.1) is 6.92 Å². The number of nitrogens with zero attached hydrogens (tertiary/aromatic N) is 4. The van der Waals surface area contributed by atoms with E-state index in [4.69, 9.17) is 4.74 Å². The van der Waals surface area contributed by atoms with E-state index in [1.165, 1.54) is 16.7 Å². The van der Waals surface area contributed by atoms with Crippen molar-refractivity contribution in [3.8, 4) is 0 Å². The molecule has 21 heavy (non-hydrogen) atoms. The van der Waals surface area contributed by atoms with Crippen molar-refractivity contribution >= 4 is 10.0 Å². The molecule has 1 unspecified atom stereocenters. The number of aromatic amines is 1. The van der Waals surface area contributed by atoms with E-state index >= 15 is 0 Å². The first-order chi connectivity index (χ1) is 10.1. The minimum absolute atomic E-state index is 0.155. The van der Waals surface area contributed by atoms with Crippen molar-refractivity contribution in [2.24, 2.45) is 0 Å². The molecule has 1 N–H and O–H groups in total. The summed E-state index contributed by atoms with van der Waals surface area (Å²) < 4.78 is 32.0. The normalized spacial score (nSPS) is 20.5. The third-order valence-corrected chi connectivity index (χ3v) is 5.10. The Bertz CT molecular complexity index is 716. The molecule has 0 saturated carbocycles. The van der Waals surface area contributed by atoms with Crippen molar-refractivity contribution in [1.82, 2.24) is 24.5 Å². The van der Waals surface area contributed by atoms with Gasteiger partial charge in [0.2, 0.25) is 10.0 Å². The summed E-state index contributed by atoms with van der Waals surface area (Å²) in [5.41, 5.74) is 0.689. The summed E-state index contributed by atoms with van der Waals surface area (Å²) >= 11 is 0. The van der Waals surface area contributed by atoms with Gasteiger partial charge >= 0.3 is 0 Å². The fraction of sp³-hybridized carbons (Fsp3) is 0.417. The van der Waals surface area contributed by atoms with Crippen molar-refractivity contribution in [2.45, 2.75) is 17.9 Å². The maximum atomic E-state index is 12.5. The van der Waals surface area contributed by atoms with E-state index in [1.54, 1.807) is 19.2 Å². The highest BCUT2D eigenvalue weighted by Gasteiger charge is 2.32. The van der Waals surface area contributed by atoms with Crippen LogP contribution in [0.2, 0.25) is 0 Å². The molecule has 8 nitrogen and oxygen atoms in total. The number of H-pyrrole nitrogens is 1. The average Bonchev–Trinajstić information content (AvgIpc) is 3.02. The summed E-state index contributed by atoms with van der Waals surface area (Å²) in [6.45, 7) is 2.65. The Morgan fingerprint density at radius 1 is 1.48 bits per heavy atom. The van der Waals surface area contributed by atoms with Gasteiger partial charge in [0.15, 0.2) is 0 Å². The van der Waals surface area contributed by atoms with E-state index in [1.807, 2.05) is 0 Å². The third kappa shape index (κ3) is 2.80. The number of ether oxygens (including phenoxy) is 1. The SMILES string of the molecule is Cc1nccc(C2CN(S(=O)(=O)c3cn[nH]c3)CCO2)n1. The molecule has 0 amide bonds. The van der Waals surface area contributed by atoms with Crippen LogP contribution in [0.1, 0.15) is 17.6 Å². The number of morpholine rings is 1. The zero-order valence-electron chi connectivity index (χ0n) is 11.4. The molecule has 0 bridgehead atoms. The summed E-state index contributed by atoms with van der Waals surface area (Å²) in [4.78, 5) is 8.49. The Kier molecular flexibility index (Phi) is 3.70. The minimum atomic E-state index is -3.55. The van der Waals surface area contributed by atoms with Gasteiger partial charge in [-0.05, 0) is 13.0 Å². The highest BCUT2D eigenvalue weighted by molar-refractivity contribution is 7.89. The molecule has 3 heterocycles. The first-order valence-electron chi connectivity index (χ1n) is 6.47. The number of sulfonamides is 1. The van der Waals surface area contributed by atoms with Crippen LogP contribution < -0.4 is 0 Å². The number of nitrogens with one attached hydrogen (secondary N) is 1. The molecular formula is C12H15N5O3S. The summed E-state index contributed by atoms with van der Waals surface area (Å²) in [6, 6.07) is 1.74. The van der Waals surface area contributed by atoms with E-state index < -0.39 is 10.0 Å². The second-order valence-electron chi connectivity index (χ2n) is 4.69. The highest BCUT2D eigenvalue weighted by Crippen LogP contribution is 2.24. The lowest BCUT2D eigenvalue weighted by atomic mass is 10.2. The van der Waals surface area contributed by atoms with E-state index in [9.17, 15) is 8.42 Å². The van der Waals surface area contributed by atoms with Gasteiger partial charge in [-0.15, -0.1) is 0 Å². The molecular weight excluding hydrogens is 294 g/mol. The lowest BCUT2D eigenvalue weighted by molar-refractivity contribution is -0.00509. The van der Waals surface area contributed by atoms with Crippen LogP contribution in [-0.2, 0) is 14.8 Å². The third-order valence-electron chi connectivity index (χ3n) is 3.27. The second kappa shape index (κ2) is 5.51. The maximum absolute atomic E-state index is 12.5. The quantitative estimate of drug-likeness (QED) is 0.873. The summed E-state index contributed by atoms with van der Waals surface area (Å²) in [7, 11) is -3.55. The van der Waals surface area contributed by atoms with Crippen LogP contribution >= 0.6 is 0 Å². The van der Waals surface area contributed by atoms with Crippen molar-refractivity contribution in [3.05, 3.63) is 36.2 Å².